The number of nitrogens with one attached hydrogen (secondary N) is 2. The molecule has 3 aromatic carbocycles. The number of carbonyl (C=O) groups excluding carboxylic acids is 3. The van der Waals surface area contributed by atoms with Crippen molar-refractivity contribution in [2.75, 3.05) is 71.2 Å². The van der Waals surface area contributed by atoms with E-state index in [0.29, 0.717) is 67.8 Å². The normalized spacial score (nSPS) is 10.7. The minimum absolute atomic E-state index is 0.0716. The molecule has 0 fully saturated rings. The molecule has 0 saturated carbocycles. The first-order valence-electron chi connectivity index (χ1n) is 17.2. The van der Waals surface area contributed by atoms with Crippen molar-refractivity contribution in [1.82, 2.24) is 14.7 Å². The quantitative estimate of drug-likeness (QED) is 0.127. The van der Waals surface area contributed by atoms with Crippen LogP contribution in [0.1, 0.15) is 37.0 Å². The summed E-state index contributed by atoms with van der Waals surface area (Å²) < 4.78 is 16.2. The molecule has 3 aromatic rings. The third-order valence-corrected chi connectivity index (χ3v) is 8.45. The van der Waals surface area contributed by atoms with E-state index in [1.807, 2.05) is 69.3 Å². The number of hydrogen-bond acceptors (Lipinski definition) is 7. The fourth-order valence-corrected chi connectivity index (χ4v) is 5.41. The van der Waals surface area contributed by atoms with E-state index in [9.17, 15) is 24.3 Å². The average Bonchev–Trinajstić information content (AvgIpc) is 3.14. The maximum Gasteiger partial charge on any atom is 0.323 e. The molecular formula is C39H51N5O8. The monoisotopic (exact) mass is 717 g/mol. The molecule has 0 aliphatic heterocycles. The maximum absolute atomic E-state index is 13.5. The van der Waals surface area contributed by atoms with E-state index >= 15 is 0 Å². The van der Waals surface area contributed by atoms with Gasteiger partial charge in [-0.2, -0.15) is 0 Å². The number of benzene rings is 3. The molecule has 3 N–H and O–H groups in total. The predicted molar refractivity (Wildman–Crippen MR) is 202 cm³/mol. The SMILES string of the molecule is CCN(C/C=C/CN(CC)C(=O)N(CCC(=O)O)CCc1ccc(OC)c(OC)c1)C(=O)Cc1ccc(NC(=O)Nc2ccccc2C)c(OC)c1. The highest BCUT2D eigenvalue weighted by molar-refractivity contribution is 6.01. The Labute approximate surface area is 306 Å². The van der Waals surface area contributed by atoms with E-state index in [4.69, 9.17) is 14.2 Å². The van der Waals surface area contributed by atoms with Crippen LogP contribution in [0.5, 0.6) is 17.2 Å². The Morgan fingerprint density at radius 3 is 1.96 bits per heavy atom. The number of rotatable bonds is 19. The van der Waals surface area contributed by atoms with Crippen LogP contribution in [0.15, 0.2) is 72.8 Å². The number of methoxy groups -OCH3 is 3. The van der Waals surface area contributed by atoms with E-state index < -0.39 is 12.0 Å². The zero-order valence-electron chi connectivity index (χ0n) is 30.9. The Hall–Kier alpha value is -5.72. The number of ether oxygens (including phenoxy) is 3. The van der Waals surface area contributed by atoms with Gasteiger partial charge in [0.25, 0.3) is 0 Å². The van der Waals surface area contributed by atoms with Crippen LogP contribution in [-0.4, -0.2) is 104 Å². The number of carboxylic acids is 1. The first-order chi connectivity index (χ1) is 25.0. The van der Waals surface area contributed by atoms with Gasteiger partial charge in [-0.05, 0) is 74.2 Å². The van der Waals surface area contributed by atoms with Crippen molar-refractivity contribution in [3.05, 3.63) is 89.5 Å². The van der Waals surface area contributed by atoms with Gasteiger partial charge in [0.15, 0.2) is 11.5 Å². The minimum Gasteiger partial charge on any atom is -0.495 e. The Morgan fingerprint density at radius 2 is 1.33 bits per heavy atom. The van der Waals surface area contributed by atoms with Gasteiger partial charge >= 0.3 is 18.0 Å². The number of likely N-dealkylation sites (N-methyl/N-ethyl adjacent to an activating group) is 2. The molecule has 0 unspecified atom stereocenters. The molecule has 0 aliphatic rings. The number of anilines is 2. The third kappa shape index (κ3) is 12.3. The standard InChI is InChI=1S/C39H51N5O8/c1-7-42(36(45)27-30-15-17-32(34(26-30)51-5)41-38(48)40-31-14-10-9-13-28(31)3)21-11-12-22-43(8-2)39(49)44(24-20-37(46)47)23-19-29-16-18-33(50-4)35(25-29)52-6/h9-18,25-26H,7-8,19-24,27H2,1-6H3,(H,46,47)(H2,40,41,48)/b12-11+. The molecular weight excluding hydrogens is 666 g/mol. The number of carboxylic acid groups (broad SMARTS) is 1. The fraction of sp³-hybridized carbons (Fsp3) is 0.385. The molecule has 0 aromatic heterocycles. The molecule has 0 bridgehead atoms. The van der Waals surface area contributed by atoms with Crippen LogP contribution in [0.4, 0.5) is 21.0 Å². The van der Waals surface area contributed by atoms with Gasteiger partial charge in [0.1, 0.15) is 5.75 Å². The first kappa shape index (κ1) is 40.7. The van der Waals surface area contributed by atoms with Gasteiger partial charge in [-0.25, -0.2) is 9.59 Å². The van der Waals surface area contributed by atoms with Crippen LogP contribution in [0.2, 0.25) is 0 Å². The van der Waals surface area contributed by atoms with Crippen LogP contribution in [0.25, 0.3) is 0 Å². The third-order valence-electron chi connectivity index (χ3n) is 8.45. The Bertz CT molecular complexity index is 1690. The van der Waals surface area contributed by atoms with Crippen molar-refractivity contribution in [2.24, 2.45) is 0 Å². The second kappa shape index (κ2) is 20.8. The smallest absolute Gasteiger partial charge is 0.323 e. The van der Waals surface area contributed by atoms with Crippen LogP contribution in [-0.2, 0) is 22.4 Å². The number of amides is 5. The number of urea groups is 2. The summed E-state index contributed by atoms with van der Waals surface area (Å²) >= 11 is 0. The zero-order chi connectivity index (χ0) is 38.0. The molecule has 13 heteroatoms. The van der Waals surface area contributed by atoms with Crippen molar-refractivity contribution in [2.45, 2.75) is 40.0 Å². The number of carbonyl (C=O) groups is 4. The molecule has 52 heavy (non-hydrogen) atoms. The summed E-state index contributed by atoms with van der Waals surface area (Å²) in [7, 11) is 4.62. The lowest BCUT2D eigenvalue weighted by Crippen LogP contribution is -2.45. The summed E-state index contributed by atoms with van der Waals surface area (Å²) in [5, 5.41) is 14.9. The van der Waals surface area contributed by atoms with Crippen LogP contribution in [0.3, 0.4) is 0 Å². The van der Waals surface area contributed by atoms with E-state index in [1.165, 1.54) is 7.11 Å². The number of para-hydroxylation sites is 1. The summed E-state index contributed by atoms with van der Waals surface area (Å²) in [4.78, 5) is 55.7. The molecule has 0 atom stereocenters. The van der Waals surface area contributed by atoms with Gasteiger partial charge in [0.2, 0.25) is 5.91 Å². The molecule has 0 aliphatic carbocycles. The first-order valence-corrected chi connectivity index (χ1v) is 17.2. The Kier molecular flexibility index (Phi) is 16.3. The maximum atomic E-state index is 13.5. The van der Waals surface area contributed by atoms with Crippen molar-refractivity contribution in [1.29, 1.82) is 0 Å². The lowest BCUT2D eigenvalue weighted by atomic mass is 10.1. The molecule has 0 radical (unpaired) electrons. The van der Waals surface area contributed by atoms with Crippen LogP contribution < -0.4 is 24.8 Å². The second-order valence-electron chi connectivity index (χ2n) is 11.9. The van der Waals surface area contributed by atoms with Crippen LogP contribution in [0, 0.1) is 6.92 Å². The van der Waals surface area contributed by atoms with E-state index in [-0.39, 0.29) is 31.3 Å². The highest BCUT2D eigenvalue weighted by atomic mass is 16.5. The Balaban J connectivity index is 1.58. The number of aliphatic carboxylic acids is 1. The summed E-state index contributed by atoms with van der Waals surface area (Å²) in [6.45, 7) is 7.60. The fourth-order valence-electron chi connectivity index (χ4n) is 5.41. The van der Waals surface area contributed by atoms with Gasteiger partial charge in [-0.15, -0.1) is 0 Å². The minimum atomic E-state index is -0.983. The average molecular weight is 718 g/mol. The molecule has 0 spiro atoms. The Morgan fingerprint density at radius 1 is 0.712 bits per heavy atom. The lowest BCUT2D eigenvalue weighted by molar-refractivity contribution is -0.137. The zero-order valence-corrected chi connectivity index (χ0v) is 30.9. The van der Waals surface area contributed by atoms with Gasteiger partial charge in [0.05, 0.1) is 39.9 Å². The number of nitrogens with zero attached hydrogens (tertiary/aromatic N) is 3. The highest BCUT2D eigenvalue weighted by Gasteiger charge is 2.21. The van der Waals surface area contributed by atoms with Gasteiger partial charge in [-0.3, -0.25) is 9.59 Å². The molecule has 5 amide bonds. The molecule has 0 saturated heterocycles. The molecule has 13 nitrogen and oxygen atoms in total. The van der Waals surface area contributed by atoms with Gasteiger partial charge in [-0.1, -0.05) is 42.5 Å². The van der Waals surface area contributed by atoms with E-state index in [2.05, 4.69) is 10.6 Å². The molecule has 0 heterocycles. The predicted octanol–water partition coefficient (Wildman–Crippen LogP) is 6.07. The lowest BCUT2D eigenvalue weighted by Gasteiger charge is -2.29. The van der Waals surface area contributed by atoms with Gasteiger partial charge < -0.3 is 44.7 Å². The molecule has 280 valence electrons. The highest BCUT2D eigenvalue weighted by Crippen LogP contribution is 2.28. The van der Waals surface area contributed by atoms with Crippen molar-refractivity contribution < 1.29 is 38.5 Å². The summed E-state index contributed by atoms with van der Waals surface area (Å²) in [5.74, 6) is 0.531. The van der Waals surface area contributed by atoms with Crippen molar-refractivity contribution in [3.63, 3.8) is 0 Å². The van der Waals surface area contributed by atoms with Gasteiger partial charge in [0, 0.05) is 45.0 Å². The number of aryl methyl sites for hydroxylation is 1. The summed E-state index contributed by atoms with van der Waals surface area (Å²) in [6, 6.07) is 17.5. The largest absolute Gasteiger partial charge is 0.495 e. The summed E-state index contributed by atoms with van der Waals surface area (Å²) in [5.41, 5.74) is 3.75. The van der Waals surface area contributed by atoms with E-state index in [0.717, 1.165) is 16.7 Å². The van der Waals surface area contributed by atoms with Crippen LogP contribution >= 0.6 is 0 Å². The van der Waals surface area contributed by atoms with Crippen molar-refractivity contribution in [3.8, 4) is 17.2 Å². The van der Waals surface area contributed by atoms with Crippen molar-refractivity contribution >= 4 is 35.3 Å². The number of hydrogen-bond donors (Lipinski definition) is 3. The second-order valence-corrected chi connectivity index (χ2v) is 11.9. The van der Waals surface area contributed by atoms with E-state index in [1.54, 1.807) is 53.2 Å². The summed E-state index contributed by atoms with van der Waals surface area (Å²) in [6.07, 6.45) is 4.15. The topological polar surface area (TPSA) is 150 Å². The molecule has 3 rings (SSSR count).